The molecule has 1 unspecified atom stereocenters. The number of hydrogen-bond donors (Lipinski definition) is 3. The van der Waals surface area contributed by atoms with E-state index in [0.717, 1.165) is 22.5 Å². The SMILES string of the molecule is CC(Sc1nc(-c2ccccc2)c(-c2ccccc2)[nH]1)C(=O)Nc1ccc(C(N)=O)cc1. The molecule has 0 spiro atoms. The van der Waals surface area contributed by atoms with Crippen molar-refractivity contribution in [2.75, 3.05) is 5.32 Å². The number of anilines is 1. The van der Waals surface area contributed by atoms with Gasteiger partial charge >= 0.3 is 0 Å². The van der Waals surface area contributed by atoms with Crippen molar-refractivity contribution in [3.63, 3.8) is 0 Å². The standard InChI is InChI=1S/C25H22N4O2S/c1-16(24(31)27-20-14-12-19(13-15-20)23(26)30)32-25-28-21(17-8-4-2-5-9-17)22(29-25)18-10-6-3-7-11-18/h2-16H,1H3,(H2,26,30)(H,27,31)(H,28,29). The number of primary amides is 1. The zero-order valence-corrected chi connectivity index (χ0v) is 18.2. The minimum absolute atomic E-state index is 0.166. The minimum atomic E-state index is -0.506. The van der Waals surface area contributed by atoms with Gasteiger partial charge in [-0.1, -0.05) is 72.4 Å². The summed E-state index contributed by atoms with van der Waals surface area (Å²) < 4.78 is 0. The van der Waals surface area contributed by atoms with Crippen molar-refractivity contribution in [2.45, 2.75) is 17.3 Å². The maximum Gasteiger partial charge on any atom is 0.248 e. The Morgan fingerprint density at radius 1 is 0.906 bits per heavy atom. The first-order valence-electron chi connectivity index (χ1n) is 10.1. The van der Waals surface area contributed by atoms with Gasteiger partial charge in [0, 0.05) is 22.4 Å². The predicted octanol–water partition coefficient (Wildman–Crippen LogP) is 4.96. The number of H-pyrrole nitrogens is 1. The summed E-state index contributed by atoms with van der Waals surface area (Å²) in [5.41, 5.74) is 10.0. The molecule has 4 N–H and O–H groups in total. The number of imidazole rings is 1. The van der Waals surface area contributed by atoms with Gasteiger partial charge in [0.05, 0.1) is 16.6 Å². The molecule has 32 heavy (non-hydrogen) atoms. The molecule has 4 rings (SSSR count). The highest BCUT2D eigenvalue weighted by atomic mass is 32.2. The summed E-state index contributed by atoms with van der Waals surface area (Å²) in [6.45, 7) is 1.82. The zero-order valence-electron chi connectivity index (χ0n) is 17.4. The predicted molar refractivity (Wildman–Crippen MR) is 128 cm³/mol. The lowest BCUT2D eigenvalue weighted by atomic mass is 10.1. The summed E-state index contributed by atoms with van der Waals surface area (Å²) in [5.74, 6) is -0.672. The molecule has 4 aromatic rings. The average molecular weight is 443 g/mol. The summed E-state index contributed by atoms with van der Waals surface area (Å²) in [6.07, 6.45) is 0. The van der Waals surface area contributed by atoms with E-state index in [1.54, 1.807) is 24.3 Å². The van der Waals surface area contributed by atoms with Gasteiger partial charge < -0.3 is 16.0 Å². The molecule has 0 aliphatic rings. The van der Waals surface area contributed by atoms with Gasteiger partial charge in [-0.05, 0) is 31.2 Å². The maximum absolute atomic E-state index is 12.7. The van der Waals surface area contributed by atoms with Gasteiger partial charge in [-0.25, -0.2) is 4.98 Å². The van der Waals surface area contributed by atoms with Crippen LogP contribution < -0.4 is 11.1 Å². The third kappa shape index (κ3) is 4.90. The summed E-state index contributed by atoms with van der Waals surface area (Å²) in [7, 11) is 0. The lowest BCUT2D eigenvalue weighted by Crippen LogP contribution is -2.22. The second-order valence-corrected chi connectivity index (χ2v) is 8.52. The largest absolute Gasteiger partial charge is 0.366 e. The smallest absolute Gasteiger partial charge is 0.248 e. The fourth-order valence-electron chi connectivity index (χ4n) is 3.21. The monoisotopic (exact) mass is 442 g/mol. The van der Waals surface area contributed by atoms with E-state index in [9.17, 15) is 9.59 Å². The molecule has 0 aliphatic heterocycles. The third-order valence-corrected chi connectivity index (χ3v) is 5.87. The van der Waals surface area contributed by atoms with Gasteiger partial charge in [-0.3, -0.25) is 9.59 Å². The molecule has 1 atom stereocenters. The zero-order chi connectivity index (χ0) is 22.5. The molecule has 0 fully saturated rings. The van der Waals surface area contributed by atoms with Crippen LogP contribution in [0.3, 0.4) is 0 Å². The van der Waals surface area contributed by atoms with E-state index in [1.807, 2.05) is 67.6 Å². The number of amides is 2. The number of rotatable bonds is 7. The van der Waals surface area contributed by atoms with E-state index in [4.69, 9.17) is 10.7 Å². The Kier molecular flexibility index (Phi) is 6.37. The molecule has 2 amide bonds. The number of nitrogens with two attached hydrogens (primary N) is 1. The van der Waals surface area contributed by atoms with Crippen molar-refractivity contribution in [1.29, 1.82) is 0 Å². The Hall–Kier alpha value is -3.84. The summed E-state index contributed by atoms with van der Waals surface area (Å²) >= 11 is 1.35. The van der Waals surface area contributed by atoms with Crippen LogP contribution in [0.4, 0.5) is 5.69 Å². The van der Waals surface area contributed by atoms with E-state index in [0.29, 0.717) is 16.4 Å². The van der Waals surface area contributed by atoms with Crippen LogP contribution in [-0.4, -0.2) is 27.0 Å². The lowest BCUT2D eigenvalue weighted by molar-refractivity contribution is -0.115. The van der Waals surface area contributed by atoms with Crippen LogP contribution in [0.2, 0.25) is 0 Å². The summed E-state index contributed by atoms with van der Waals surface area (Å²) in [5, 5.41) is 3.12. The highest BCUT2D eigenvalue weighted by Gasteiger charge is 2.20. The first-order chi connectivity index (χ1) is 15.5. The van der Waals surface area contributed by atoms with E-state index in [1.165, 1.54) is 11.8 Å². The van der Waals surface area contributed by atoms with Crippen LogP contribution in [-0.2, 0) is 4.79 Å². The van der Waals surface area contributed by atoms with Gasteiger partial charge in [-0.2, -0.15) is 0 Å². The molecule has 0 saturated carbocycles. The Bertz CT molecular complexity index is 1170. The topological polar surface area (TPSA) is 101 Å². The van der Waals surface area contributed by atoms with Crippen LogP contribution in [0.15, 0.2) is 90.1 Å². The molecule has 1 heterocycles. The molecule has 160 valence electrons. The number of hydrogen-bond acceptors (Lipinski definition) is 4. The number of benzene rings is 3. The highest BCUT2D eigenvalue weighted by molar-refractivity contribution is 8.00. The number of aromatic amines is 1. The van der Waals surface area contributed by atoms with Gasteiger partial charge in [-0.15, -0.1) is 0 Å². The van der Waals surface area contributed by atoms with Crippen molar-refractivity contribution in [3.05, 3.63) is 90.5 Å². The van der Waals surface area contributed by atoms with Crippen LogP contribution in [0, 0.1) is 0 Å². The Labute approximate surface area is 190 Å². The number of carbonyl (C=O) groups excluding carboxylic acids is 2. The number of nitrogens with one attached hydrogen (secondary N) is 2. The first kappa shape index (κ1) is 21.4. The molecule has 0 bridgehead atoms. The molecule has 0 aliphatic carbocycles. The first-order valence-corrected chi connectivity index (χ1v) is 11.0. The number of carbonyl (C=O) groups is 2. The summed E-state index contributed by atoms with van der Waals surface area (Å²) in [4.78, 5) is 32.1. The molecule has 3 aromatic carbocycles. The quantitative estimate of drug-likeness (QED) is 0.352. The van der Waals surface area contributed by atoms with Crippen molar-refractivity contribution in [3.8, 4) is 22.5 Å². The van der Waals surface area contributed by atoms with E-state index in [2.05, 4.69) is 10.3 Å². The fraction of sp³-hybridized carbons (Fsp3) is 0.0800. The molecule has 7 heteroatoms. The van der Waals surface area contributed by atoms with E-state index < -0.39 is 11.2 Å². The second kappa shape index (κ2) is 9.53. The van der Waals surface area contributed by atoms with Crippen LogP contribution in [0.25, 0.3) is 22.5 Å². The van der Waals surface area contributed by atoms with Crippen molar-refractivity contribution in [2.24, 2.45) is 5.73 Å². The van der Waals surface area contributed by atoms with E-state index in [-0.39, 0.29) is 5.91 Å². The lowest BCUT2D eigenvalue weighted by Gasteiger charge is -2.10. The maximum atomic E-state index is 12.7. The molecule has 6 nitrogen and oxygen atoms in total. The van der Waals surface area contributed by atoms with Crippen LogP contribution >= 0.6 is 11.8 Å². The highest BCUT2D eigenvalue weighted by Crippen LogP contribution is 2.33. The number of nitrogens with zero attached hydrogens (tertiary/aromatic N) is 1. The Balaban J connectivity index is 1.54. The third-order valence-electron chi connectivity index (χ3n) is 4.89. The van der Waals surface area contributed by atoms with Crippen LogP contribution in [0.5, 0.6) is 0 Å². The molecule has 0 saturated heterocycles. The van der Waals surface area contributed by atoms with Crippen molar-refractivity contribution < 1.29 is 9.59 Å². The normalized spacial score (nSPS) is 11.7. The Morgan fingerprint density at radius 3 is 2.09 bits per heavy atom. The van der Waals surface area contributed by atoms with Gasteiger partial charge in [0.25, 0.3) is 0 Å². The van der Waals surface area contributed by atoms with Crippen molar-refractivity contribution >= 4 is 29.3 Å². The van der Waals surface area contributed by atoms with E-state index >= 15 is 0 Å². The van der Waals surface area contributed by atoms with Gasteiger partial charge in [0.15, 0.2) is 5.16 Å². The van der Waals surface area contributed by atoms with Crippen molar-refractivity contribution in [1.82, 2.24) is 9.97 Å². The number of thioether (sulfide) groups is 1. The average Bonchev–Trinajstić information content (AvgIpc) is 3.24. The molecular weight excluding hydrogens is 420 g/mol. The van der Waals surface area contributed by atoms with Gasteiger partial charge in [0.2, 0.25) is 11.8 Å². The fourth-order valence-corrected chi connectivity index (χ4v) is 4.01. The molecule has 1 aromatic heterocycles. The Morgan fingerprint density at radius 2 is 1.50 bits per heavy atom. The minimum Gasteiger partial charge on any atom is -0.366 e. The molecular formula is C25H22N4O2S. The van der Waals surface area contributed by atoms with Gasteiger partial charge in [0.1, 0.15) is 0 Å². The number of aromatic nitrogens is 2. The summed E-state index contributed by atoms with van der Waals surface area (Å²) in [6, 6.07) is 26.4. The second-order valence-electron chi connectivity index (χ2n) is 7.19. The van der Waals surface area contributed by atoms with Crippen LogP contribution in [0.1, 0.15) is 17.3 Å². The molecule has 0 radical (unpaired) electrons.